The van der Waals surface area contributed by atoms with Crippen LogP contribution in [0.4, 0.5) is 17.2 Å². The number of pyridine rings is 1. The van der Waals surface area contributed by atoms with E-state index in [9.17, 15) is 4.79 Å². The van der Waals surface area contributed by atoms with E-state index >= 15 is 0 Å². The van der Waals surface area contributed by atoms with Crippen LogP contribution in [0.15, 0.2) is 42.6 Å². The van der Waals surface area contributed by atoms with Crippen LogP contribution in [-0.4, -0.2) is 66.0 Å². The Morgan fingerprint density at radius 2 is 1.91 bits per heavy atom. The highest BCUT2D eigenvalue weighted by Gasteiger charge is 2.25. The van der Waals surface area contributed by atoms with Crippen molar-refractivity contribution in [2.45, 2.75) is 39.2 Å². The average molecular weight is 432 g/mol. The molecule has 1 atom stereocenters. The molecule has 0 aliphatic carbocycles. The summed E-state index contributed by atoms with van der Waals surface area (Å²) in [7, 11) is 0. The second kappa shape index (κ2) is 10.6. The van der Waals surface area contributed by atoms with E-state index in [0.29, 0.717) is 23.8 Å². The number of aromatic nitrogens is 1. The van der Waals surface area contributed by atoms with Crippen LogP contribution in [0, 0.1) is 11.8 Å². The zero-order chi connectivity index (χ0) is 22.3. The maximum atomic E-state index is 12.7. The fourth-order valence-electron chi connectivity index (χ4n) is 4.62. The van der Waals surface area contributed by atoms with E-state index in [1.807, 2.05) is 41.3 Å². The summed E-state index contributed by atoms with van der Waals surface area (Å²) in [5.41, 5.74) is 2.20. The molecule has 0 radical (unpaired) electrons. The van der Waals surface area contributed by atoms with Gasteiger partial charge < -0.3 is 15.1 Å². The van der Waals surface area contributed by atoms with Crippen LogP contribution < -0.4 is 10.2 Å². The summed E-state index contributed by atoms with van der Waals surface area (Å²) in [6.07, 6.45) is 5.57. The number of likely N-dealkylation sites (N-methyl/N-ethyl adjacent to an activating group) is 1. The summed E-state index contributed by atoms with van der Waals surface area (Å²) >= 11 is 0. The van der Waals surface area contributed by atoms with Gasteiger partial charge in [-0.05, 0) is 56.7 Å². The van der Waals surface area contributed by atoms with Gasteiger partial charge in [-0.3, -0.25) is 9.69 Å². The van der Waals surface area contributed by atoms with Crippen molar-refractivity contribution in [3.8, 4) is 11.8 Å². The Morgan fingerprint density at radius 3 is 2.75 bits per heavy atom. The number of likely N-dealkylation sites (tertiary alicyclic amines) is 1. The van der Waals surface area contributed by atoms with Crippen molar-refractivity contribution >= 4 is 23.1 Å². The number of hydrogen-bond donors (Lipinski definition) is 1. The molecular weight excluding hydrogens is 398 g/mol. The molecule has 2 aliphatic heterocycles. The fraction of sp³-hybridized carbons (Fsp3) is 0.462. The highest BCUT2D eigenvalue weighted by Crippen LogP contribution is 2.35. The van der Waals surface area contributed by atoms with Gasteiger partial charge in [-0.2, -0.15) is 0 Å². The van der Waals surface area contributed by atoms with Crippen molar-refractivity contribution in [2.75, 3.05) is 49.5 Å². The Balaban J connectivity index is 1.51. The van der Waals surface area contributed by atoms with Gasteiger partial charge in [-0.1, -0.05) is 44.2 Å². The molecule has 1 unspecified atom stereocenters. The van der Waals surface area contributed by atoms with Gasteiger partial charge in [0.1, 0.15) is 0 Å². The summed E-state index contributed by atoms with van der Waals surface area (Å²) in [6.45, 7) is 10.2. The molecule has 4 rings (SSSR count). The van der Waals surface area contributed by atoms with Gasteiger partial charge in [-0.25, -0.2) is 4.98 Å². The Labute approximate surface area is 191 Å². The van der Waals surface area contributed by atoms with Crippen LogP contribution in [-0.2, 0) is 0 Å². The number of fused-ring (bicyclic) bond motifs is 2. The molecule has 1 amide bonds. The number of para-hydroxylation sites is 1. The third kappa shape index (κ3) is 4.95. The number of nitrogens with one attached hydrogen (secondary N) is 1. The molecule has 0 bridgehead atoms. The number of carbonyl (C=O) groups excluding carboxylic acids is 1. The van der Waals surface area contributed by atoms with Gasteiger partial charge in [0.05, 0.1) is 30.0 Å². The van der Waals surface area contributed by atoms with Crippen LogP contribution in [0.3, 0.4) is 0 Å². The fourth-order valence-corrected chi connectivity index (χ4v) is 4.62. The van der Waals surface area contributed by atoms with E-state index in [4.69, 9.17) is 0 Å². The van der Waals surface area contributed by atoms with Crippen LogP contribution in [0.5, 0.6) is 0 Å². The number of benzene rings is 1. The smallest absolute Gasteiger partial charge is 0.257 e. The van der Waals surface area contributed by atoms with E-state index < -0.39 is 0 Å². The molecule has 1 saturated heterocycles. The largest absolute Gasteiger partial charge is 0.319 e. The van der Waals surface area contributed by atoms with E-state index in [1.54, 1.807) is 6.20 Å². The molecule has 3 heterocycles. The molecule has 1 fully saturated rings. The standard InChI is InChI=1S/C26H33N5O/c1-3-29(4-2)20-21-12-7-8-17-30(21)18-9-10-19-31-24-15-6-5-13-22(24)26(32)28-23-14-11-16-27-25(23)31/h5-6,11,13-16,21H,3-4,7-8,12,17-20H2,1-2H3,(H,28,32). The highest BCUT2D eigenvalue weighted by atomic mass is 16.1. The molecule has 2 aliphatic rings. The molecule has 32 heavy (non-hydrogen) atoms. The molecule has 6 nitrogen and oxygen atoms in total. The Kier molecular flexibility index (Phi) is 7.41. The first kappa shape index (κ1) is 22.3. The number of anilines is 3. The first-order valence-corrected chi connectivity index (χ1v) is 11.8. The minimum absolute atomic E-state index is 0.113. The minimum atomic E-state index is -0.113. The summed E-state index contributed by atoms with van der Waals surface area (Å²) in [5.74, 6) is 7.41. The first-order valence-electron chi connectivity index (χ1n) is 11.8. The van der Waals surface area contributed by atoms with E-state index in [-0.39, 0.29) is 5.91 Å². The molecular formula is C26H33N5O. The number of rotatable bonds is 6. The van der Waals surface area contributed by atoms with Crippen molar-refractivity contribution < 1.29 is 4.79 Å². The van der Waals surface area contributed by atoms with Crippen LogP contribution in [0.1, 0.15) is 43.5 Å². The molecule has 0 spiro atoms. The first-order chi connectivity index (χ1) is 15.7. The number of piperidine rings is 1. The molecule has 0 saturated carbocycles. The van der Waals surface area contributed by atoms with Gasteiger partial charge >= 0.3 is 0 Å². The maximum absolute atomic E-state index is 12.7. The van der Waals surface area contributed by atoms with Crippen molar-refractivity contribution in [2.24, 2.45) is 0 Å². The molecule has 1 N–H and O–H groups in total. The minimum Gasteiger partial charge on any atom is -0.319 e. The van der Waals surface area contributed by atoms with Crippen molar-refractivity contribution in [1.82, 2.24) is 14.8 Å². The molecule has 1 aromatic carbocycles. The predicted octanol–water partition coefficient (Wildman–Crippen LogP) is 3.99. The summed E-state index contributed by atoms with van der Waals surface area (Å²) in [6, 6.07) is 12.0. The predicted molar refractivity (Wildman–Crippen MR) is 130 cm³/mol. The monoisotopic (exact) mass is 431 g/mol. The van der Waals surface area contributed by atoms with Crippen molar-refractivity contribution in [3.05, 3.63) is 48.2 Å². The number of nitrogens with zero attached hydrogens (tertiary/aromatic N) is 4. The van der Waals surface area contributed by atoms with E-state index in [1.165, 1.54) is 19.3 Å². The van der Waals surface area contributed by atoms with Crippen molar-refractivity contribution in [3.63, 3.8) is 0 Å². The molecule has 6 heteroatoms. The molecule has 168 valence electrons. The summed E-state index contributed by atoms with van der Waals surface area (Å²) < 4.78 is 0. The topological polar surface area (TPSA) is 51.7 Å². The average Bonchev–Trinajstić information content (AvgIpc) is 2.95. The van der Waals surface area contributed by atoms with Crippen molar-refractivity contribution in [1.29, 1.82) is 0 Å². The van der Waals surface area contributed by atoms with Gasteiger partial charge in [0.25, 0.3) is 5.91 Å². The quantitative estimate of drug-likeness (QED) is 0.701. The summed E-state index contributed by atoms with van der Waals surface area (Å²) in [4.78, 5) is 24.4. The lowest BCUT2D eigenvalue weighted by Crippen LogP contribution is -2.46. The Bertz CT molecular complexity index is 991. The zero-order valence-corrected chi connectivity index (χ0v) is 19.2. The summed E-state index contributed by atoms with van der Waals surface area (Å²) in [5, 5.41) is 2.98. The number of hydrogen-bond acceptors (Lipinski definition) is 5. The SMILES string of the molecule is CCN(CC)CC1CCCCN1CC#CCN1c2ccccc2C(=O)Nc2cccnc21. The number of amides is 1. The second-order valence-electron chi connectivity index (χ2n) is 8.39. The number of carbonyl (C=O) groups is 1. The van der Waals surface area contributed by atoms with Crippen LogP contribution >= 0.6 is 0 Å². The van der Waals surface area contributed by atoms with E-state index in [0.717, 1.165) is 44.2 Å². The highest BCUT2D eigenvalue weighted by molar-refractivity contribution is 6.12. The van der Waals surface area contributed by atoms with E-state index in [2.05, 4.69) is 45.8 Å². The second-order valence-corrected chi connectivity index (χ2v) is 8.39. The van der Waals surface area contributed by atoms with Gasteiger partial charge in [0, 0.05) is 18.8 Å². The van der Waals surface area contributed by atoms with Crippen LogP contribution in [0.2, 0.25) is 0 Å². The zero-order valence-electron chi connectivity index (χ0n) is 19.2. The van der Waals surface area contributed by atoms with Gasteiger partial charge in [-0.15, -0.1) is 0 Å². The molecule has 1 aromatic heterocycles. The maximum Gasteiger partial charge on any atom is 0.257 e. The Morgan fingerprint density at radius 1 is 1.09 bits per heavy atom. The molecule has 2 aromatic rings. The lowest BCUT2D eigenvalue weighted by molar-refractivity contribution is 0.102. The third-order valence-corrected chi connectivity index (χ3v) is 6.49. The Hall–Kier alpha value is -2.88. The van der Waals surface area contributed by atoms with Gasteiger partial charge in [0.15, 0.2) is 5.82 Å². The lowest BCUT2D eigenvalue weighted by Gasteiger charge is -2.37. The van der Waals surface area contributed by atoms with Gasteiger partial charge in [0.2, 0.25) is 0 Å². The lowest BCUT2D eigenvalue weighted by atomic mass is 10.0. The normalized spacial score (nSPS) is 18.3. The third-order valence-electron chi connectivity index (χ3n) is 6.49. The van der Waals surface area contributed by atoms with Crippen LogP contribution in [0.25, 0.3) is 0 Å².